The summed E-state index contributed by atoms with van der Waals surface area (Å²) in [6.07, 6.45) is 1.81. The van der Waals surface area contributed by atoms with Crippen molar-refractivity contribution in [1.82, 2.24) is 5.32 Å². The fraction of sp³-hybridized carbons (Fsp3) is 0.400. The molecule has 1 aromatic carbocycles. The van der Waals surface area contributed by atoms with Gasteiger partial charge in [-0.05, 0) is 43.7 Å². The quantitative estimate of drug-likeness (QED) is 0.489. The summed E-state index contributed by atoms with van der Waals surface area (Å²) in [5.74, 6) is -0.879. The van der Waals surface area contributed by atoms with Gasteiger partial charge in [-0.3, -0.25) is 9.59 Å². The van der Waals surface area contributed by atoms with Crippen molar-refractivity contribution in [2.75, 3.05) is 18.8 Å². The number of carboxylic acids is 1. The maximum Gasteiger partial charge on any atom is 0.335 e. The van der Waals surface area contributed by atoms with E-state index in [-0.39, 0.29) is 23.3 Å². The minimum Gasteiger partial charge on any atom is -0.478 e. The molecule has 0 aliphatic carbocycles. The minimum absolute atomic E-state index is 0.181. The maximum absolute atomic E-state index is 10.8. The fourth-order valence-corrected chi connectivity index (χ4v) is 1.75. The number of hydrogen-bond donors (Lipinski definition) is 5. The molecule has 1 unspecified atom stereocenters. The average Bonchev–Trinajstić information content (AvgIpc) is 2.85. The van der Waals surface area contributed by atoms with Gasteiger partial charge in [0.1, 0.15) is 0 Å². The van der Waals surface area contributed by atoms with Crippen LogP contribution >= 0.6 is 0 Å². The fourth-order valence-electron chi connectivity index (χ4n) is 1.75. The summed E-state index contributed by atoms with van der Waals surface area (Å²) in [5, 5.41) is 11.2. The van der Waals surface area contributed by atoms with E-state index >= 15 is 0 Å². The number of amides is 2. The zero-order valence-corrected chi connectivity index (χ0v) is 13.1. The molecule has 8 heteroatoms. The highest BCUT2D eigenvalue weighted by atomic mass is 16.4. The Labute approximate surface area is 135 Å². The number of nitrogen functional groups attached to an aromatic ring is 1. The molecule has 128 valence electrons. The lowest BCUT2D eigenvalue weighted by Crippen LogP contribution is -2.20. The number of rotatable bonds is 3. The van der Waals surface area contributed by atoms with Crippen LogP contribution < -0.4 is 22.5 Å². The second kappa shape index (κ2) is 11.0. The lowest BCUT2D eigenvalue weighted by molar-refractivity contribution is -0.122. The second-order valence-corrected chi connectivity index (χ2v) is 4.89. The number of nitrogens with one attached hydrogen (secondary N) is 1. The summed E-state index contributed by atoms with van der Waals surface area (Å²) in [4.78, 5) is 30.3. The lowest BCUT2D eigenvalue weighted by Gasteiger charge is -2.01. The topological polar surface area (TPSA) is 162 Å². The Kier molecular flexibility index (Phi) is 9.77. The van der Waals surface area contributed by atoms with E-state index < -0.39 is 5.97 Å². The van der Waals surface area contributed by atoms with Crippen molar-refractivity contribution in [1.29, 1.82) is 0 Å². The first-order valence-electron chi connectivity index (χ1n) is 7.10. The first-order valence-corrected chi connectivity index (χ1v) is 7.10. The van der Waals surface area contributed by atoms with Crippen LogP contribution in [-0.4, -0.2) is 36.0 Å². The van der Waals surface area contributed by atoms with Gasteiger partial charge in [0, 0.05) is 25.1 Å². The molecule has 1 aromatic rings. The summed E-state index contributed by atoms with van der Waals surface area (Å²) in [6, 6.07) is 6.06. The van der Waals surface area contributed by atoms with Crippen LogP contribution in [0.4, 0.5) is 5.69 Å². The second-order valence-electron chi connectivity index (χ2n) is 4.89. The molecule has 0 bridgehead atoms. The predicted molar refractivity (Wildman–Crippen MR) is 87.5 cm³/mol. The highest BCUT2D eigenvalue weighted by molar-refractivity contribution is 5.87. The zero-order valence-electron chi connectivity index (χ0n) is 13.1. The highest BCUT2D eigenvalue weighted by Gasteiger charge is 2.22. The first kappa shape index (κ1) is 20.4. The van der Waals surface area contributed by atoms with Crippen LogP contribution in [-0.2, 0) is 9.59 Å². The number of carbonyl (C=O) groups is 3. The van der Waals surface area contributed by atoms with Gasteiger partial charge in [-0.1, -0.05) is 0 Å². The smallest absolute Gasteiger partial charge is 0.335 e. The number of carbonyl (C=O) groups excluding carboxylic acids is 2. The van der Waals surface area contributed by atoms with Crippen molar-refractivity contribution >= 4 is 23.5 Å². The number of nitrogens with two attached hydrogens (primary N) is 3. The van der Waals surface area contributed by atoms with Gasteiger partial charge in [0.25, 0.3) is 0 Å². The molecule has 1 fully saturated rings. The Balaban J connectivity index is 0.000000345. The van der Waals surface area contributed by atoms with E-state index in [4.69, 9.17) is 16.6 Å². The number of benzene rings is 1. The Hall–Kier alpha value is -2.61. The third-order valence-corrected chi connectivity index (χ3v) is 2.84. The van der Waals surface area contributed by atoms with Crippen molar-refractivity contribution < 1.29 is 19.5 Å². The molecular weight excluding hydrogens is 300 g/mol. The molecule has 8 nitrogen and oxygen atoms in total. The Morgan fingerprint density at radius 1 is 1.30 bits per heavy atom. The molecule has 0 spiro atoms. The Bertz CT molecular complexity index is 513. The normalized spacial score (nSPS) is 15.4. The first-order chi connectivity index (χ1) is 10.8. The molecule has 1 aliphatic rings. The van der Waals surface area contributed by atoms with Crippen molar-refractivity contribution in [3.63, 3.8) is 0 Å². The SMILES string of the molecule is CC(N)=O.NCCC1CCNC1=O.Nc1ccc(C(=O)O)cc1. The van der Waals surface area contributed by atoms with Crippen molar-refractivity contribution in [3.8, 4) is 0 Å². The molecular formula is C15H24N4O4. The number of hydrogen-bond acceptors (Lipinski definition) is 5. The number of anilines is 1. The van der Waals surface area contributed by atoms with Crippen LogP contribution in [0.15, 0.2) is 24.3 Å². The summed E-state index contributed by atoms with van der Waals surface area (Å²) >= 11 is 0. The number of primary amides is 1. The summed E-state index contributed by atoms with van der Waals surface area (Å²) in [5.41, 5.74) is 15.9. The molecule has 8 N–H and O–H groups in total. The van der Waals surface area contributed by atoms with E-state index in [0.29, 0.717) is 12.2 Å². The van der Waals surface area contributed by atoms with E-state index in [2.05, 4.69) is 11.1 Å². The van der Waals surface area contributed by atoms with Gasteiger partial charge in [0.05, 0.1) is 5.56 Å². The molecule has 2 rings (SSSR count). The summed E-state index contributed by atoms with van der Waals surface area (Å²) in [6.45, 7) is 2.77. The van der Waals surface area contributed by atoms with Crippen molar-refractivity contribution in [3.05, 3.63) is 29.8 Å². The van der Waals surface area contributed by atoms with Gasteiger partial charge in [-0.15, -0.1) is 0 Å². The minimum atomic E-state index is -0.931. The van der Waals surface area contributed by atoms with Crippen molar-refractivity contribution in [2.45, 2.75) is 19.8 Å². The van der Waals surface area contributed by atoms with Crippen LogP contribution in [0.5, 0.6) is 0 Å². The van der Waals surface area contributed by atoms with E-state index in [1.165, 1.54) is 19.1 Å². The molecule has 0 radical (unpaired) electrons. The number of aromatic carboxylic acids is 1. The molecule has 23 heavy (non-hydrogen) atoms. The molecule has 0 saturated carbocycles. The number of carboxylic acid groups (broad SMARTS) is 1. The monoisotopic (exact) mass is 324 g/mol. The van der Waals surface area contributed by atoms with Gasteiger partial charge < -0.3 is 27.6 Å². The molecule has 2 amide bonds. The van der Waals surface area contributed by atoms with E-state index in [1.54, 1.807) is 12.1 Å². The molecule has 0 aromatic heterocycles. The zero-order chi connectivity index (χ0) is 17.8. The lowest BCUT2D eigenvalue weighted by atomic mass is 10.1. The molecule has 1 aliphatic heterocycles. The molecule has 1 saturated heterocycles. The van der Waals surface area contributed by atoms with Gasteiger partial charge in [-0.25, -0.2) is 4.79 Å². The largest absolute Gasteiger partial charge is 0.478 e. The highest BCUT2D eigenvalue weighted by Crippen LogP contribution is 2.11. The summed E-state index contributed by atoms with van der Waals surface area (Å²) < 4.78 is 0. The van der Waals surface area contributed by atoms with Gasteiger partial charge in [0.2, 0.25) is 11.8 Å². The van der Waals surface area contributed by atoms with E-state index in [9.17, 15) is 14.4 Å². The van der Waals surface area contributed by atoms with Crippen molar-refractivity contribution in [2.24, 2.45) is 17.4 Å². The van der Waals surface area contributed by atoms with E-state index in [1.807, 2.05) is 0 Å². The van der Waals surface area contributed by atoms with Gasteiger partial charge in [0.15, 0.2) is 0 Å². The Morgan fingerprint density at radius 3 is 2.17 bits per heavy atom. The molecule has 1 heterocycles. The maximum atomic E-state index is 10.8. The van der Waals surface area contributed by atoms with Crippen LogP contribution in [0.3, 0.4) is 0 Å². The Morgan fingerprint density at radius 2 is 1.83 bits per heavy atom. The molecule has 1 atom stereocenters. The van der Waals surface area contributed by atoms with Gasteiger partial charge in [-0.2, -0.15) is 0 Å². The third kappa shape index (κ3) is 9.86. The van der Waals surface area contributed by atoms with Crippen LogP contribution in [0.2, 0.25) is 0 Å². The van der Waals surface area contributed by atoms with E-state index in [0.717, 1.165) is 19.4 Å². The van der Waals surface area contributed by atoms with Gasteiger partial charge >= 0.3 is 5.97 Å². The standard InChI is InChI=1S/C7H7NO2.C6H12N2O.C2H5NO/c8-6-3-1-5(2-4-6)7(9)10;7-3-1-5-2-4-8-6(5)9;1-2(3)4/h1-4H,8H2,(H,9,10);5H,1-4,7H2,(H,8,9);1H3,(H2,3,4). The average molecular weight is 324 g/mol. The predicted octanol–water partition coefficient (Wildman–Crippen LogP) is -0.0701. The summed E-state index contributed by atoms with van der Waals surface area (Å²) in [7, 11) is 0. The van der Waals surface area contributed by atoms with Crippen LogP contribution in [0.25, 0.3) is 0 Å². The van der Waals surface area contributed by atoms with Crippen LogP contribution in [0, 0.1) is 5.92 Å². The van der Waals surface area contributed by atoms with Crippen LogP contribution in [0.1, 0.15) is 30.1 Å². The third-order valence-electron chi connectivity index (χ3n) is 2.84.